The van der Waals surface area contributed by atoms with Crippen LogP contribution in [0.3, 0.4) is 0 Å². The Bertz CT molecular complexity index is 849. The van der Waals surface area contributed by atoms with Gasteiger partial charge in [0.05, 0.1) is 0 Å². The molecule has 6 rings (SSSR count). The maximum atomic E-state index is 13.6. The van der Waals surface area contributed by atoms with Crippen LogP contribution in [0.1, 0.15) is 55.6 Å². The van der Waals surface area contributed by atoms with Gasteiger partial charge >= 0.3 is 5.97 Å². The van der Waals surface area contributed by atoms with Crippen LogP contribution < -0.4 is 5.32 Å². The molecule has 4 fully saturated rings. The number of carbonyl (C=O) groups excluding carboxylic acids is 1. The Kier molecular flexibility index (Phi) is 4.88. The van der Waals surface area contributed by atoms with E-state index in [1.807, 2.05) is 60.7 Å². The van der Waals surface area contributed by atoms with Crippen LogP contribution in [0.2, 0.25) is 0 Å². The first-order valence-electron chi connectivity index (χ1n) is 11.2. The van der Waals surface area contributed by atoms with E-state index in [2.05, 4.69) is 5.32 Å². The van der Waals surface area contributed by atoms with Gasteiger partial charge in [-0.3, -0.25) is 4.79 Å². The molecule has 2 aromatic carbocycles. The number of carboxylic acid groups (broad SMARTS) is 1. The minimum absolute atomic E-state index is 0.0362. The zero-order valence-corrected chi connectivity index (χ0v) is 17.2. The van der Waals surface area contributed by atoms with Crippen molar-refractivity contribution in [1.82, 2.24) is 5.32 Å². The number of carbonyl (C=O) groups is 2. The summed E-state index contributed by atoms with van der Waals surface area (Å²) in [5.74, 6) is 0.484. The van der Waals surface area contributed by atoms with E-state index < -0.39 is 17.9 Å². The van der Waals surface area contributed by atoms with Crippen LogP contribution in [0, 0.1) is 23.2 Å². The Morgan fingerprint density at radius 1 is 0.800 bits per heavy atom. The van der Waals surface area contributed by atoms with E-state index in [0.717, 1.165) is 30.4 Å². The zero-order valence-electron chi connectivity index (χ0n) is 17.2. The minimum atomic E-state index is -0.990. The topological polar surface area (TPSA) is 66.4 Å². The first-order valence-corrected chi connectivity index (χ1v) is 11.2. The molecule has 1 amide bonds. The summed E-state index contributed by atoms with van der Waals surface area (Å²) in [6.45, 7) is 0. The van der Waals surface area contributed by atoms with Crippen molar-refractivity contribution in [3.05, 3.63) is 71.8 Å². The number of benzene rings is 2. The van der Waals surface area contributed by atoms with Crippen molar-refractivity contribution in [1.29, 1.82) is 0 Å². The normalized spacial score (nSPS) is 30.2. The Morgan fingerprint density at radius 3 is 1.63 bits per heavy atom. The fourth-order valence-corrected chi connectivity index (χ4v) is 6.87. The molecule has 4 nitrogen and oxygen atoms in total. The standard InChI is InChI=1S/C26H29NO3/c28-24(29)23(22(20-7-3-1-4-8-20)21-9-5-2-6-10-21)27-25(30)26-14-17-11-18(15-26)13-19(12-17)16-26/h1-10,17-19,22-23H,11-16H2,(H,27,30)(H,28,29)/t17?,18?,19?,23-,26?/m1/s1. The number of hydrogen-bond acceptors (Lipinski definition) is 2. The minimum Gasteiger partial charge on any atom is -0.480 e. The van der Waals surface area contributed by atoms with Crippen LogP contribution in [-0.4, -0.2) is 23.0 Å². The molecular formula is C26H29NO3. The zero-order chi connectivity index (χ0) is 20.7. The summed E-state index contributed by atoms with van der Waals surface area (Å²) in [6, 6.07) is 18.3. The van der Waals surface area contributed by atoms with E-state index in [-0.39, 0.29) is 11.3 Å². The molecule has 0 unspecified atom stereocenters. The quantitative estimate of drug-likeness (QED) is 0.740. The predicted octanol–water partition coefficient (Wildman–Crippen LogP) is 4.60. The van der Waals surface area contributed by atoms with Gasteiger partial charge in [-0.15, -0.1) is 0 Å². The SMILES string of the molecule is O=C(O)[C@H](NC(=O)C12CC3CC(CC(C3)C1)C2)C(c1ccccc1)c1ccccc1. The molecule has 1 atom stereocenters. The largest absolute Gasteiger partial charge is 0.480 e. The van der Waals surface area contributed by atoms with E-state index in [9.17, 15) is 14.7 Å². The summed E-state index contributed by atoms with van der Waals surface area (Å²) in [7, 11) is 0. The fourth-order valence-electron chi connectivity index (χ4n) is 6.87. The lowest BCUT2D eigenvalue weighted by Gasteiger charge is -2.55. The lowest BCUT2D eigenvalue weighted by Crippen LogP contribution is -2.57. The first kappa shape index (κ1) is 19.3. The van der Waals surface area contributed by atoms with Gasteiger partial charge < -0.3 is 10.4 Å². The van der Waals surface area contributed by atoms with E-state index in [0.29, 0.717) is 17.8 Å². The van der Waals surface area contributed by atoms with Gasteiger partial charge in [-0.2, -0.15) is 0 Å². The molecule has 4 bridgehead atoms. The molecule has 4 aliphatic rings. The van der Waals surface area contributed by atoms with Crippen LogP contribution >= 0.6 is 0 Å². The number of carboxylic acids is 1. The van der Waals surface area contributed by atoms with Crippen molar-refractivity contribution in [2.45, 2.75) is 50.5 Å². The molecule has 0 aromatic heterocycles. The van der Waals surface area contributed by atoms with Crippen molar-refractivity contribution < 1.29 is 14.7 Å². The van der Waals surface area contributed by atoms with Gasteiger partial charge in [-0.25, -0.2) is 4.79 Å². The second-order valence-corrected chi connectivity index (χ2v) is 9.79. The summed E-state index contributed by atoms with van der Waals surface area (Å²) in [5, 5.41) is 13.2. The van der Waals surface area contributed by atoms with Crippen molar-refractivity contribution in [3.63, 3.8) is 0 Å². The highest BCUT2D eigenvalue weighted by atomic mass is 16.4. The number of amides is 1. The summed E-state index contributed by atoms with van der Waals surface area (Å²) < 4.78 is 0. The molecule has 0 spiro atoms. The second-order valence-electron chi connectivity index (χ2n) is 9.79. The van der Waals surface area contributed by atoms with Crippen LogP contribution in [0.4, 0.5) is 0 Å². The van der Waals surface area contributed by atoms with Crippen LogP contribution in [-0.2, 0) is 9.59 Å². The van der Waals surface area contributed by atoms with Crippen molar-refractivity contribution in [3.8, 4) is 0 Å². The summed E-state index contributed by atoms with van der Waals surface area (Å²) in [6.07, 6.45) is 6.55. The van der Waals surface area contributed by atoms with E-state index in [4.69, 9.17) is 0 Å². The fraction of sp³-hybridized carbons (Fsp3) is 0.462. The van der Waals surface area contributed by atoms with Gasteiger partial charge in [-0.05, 0) is 67.4 Å². The van der Waals surface area contributed by atoms with Crippen molar-refractivity contribution in [2.24, 2.45) is 23.2 Å². The Morgan fingerprint density at radius 2 is 1.23 bits per heavy atom. The third-order valence-corrected chi connectivity index (χ3v) is 7.72. The lowest BCUT2D eigenvalue weighted by atomic mass is 9.49. The van der Waals surface area contributed by atoms with Crippen LogP contribution in [0.25, 0.3) is 0 Å². The van der Waals surface area contributed by atoms with Crippen molar-refractivity contribution >= 4 is 11.9 Å². The van der Waals surface area contributed by atoms with Crippen LogP contribution in [0.15, 0.2) is 60.7 Å². The van der Waals surface area contributed by atoms with Crippen LogP contribution in [0.5, 0.6) is 0 Å². The molecule has 2 N–H and O–H groups in total. The van der Waals surface area contributed by atoms with Gasteiger partial charge in [-0.1, -0.05) is 60.7 Å². The average Bonchev–Trinajstić information content (AvgIpc) is 2.73. The third-order valence-electron chi connectivity index (χ3n) is 7.72. The van der Waals surface area contributed by atoms with Gasteiger partial charge in [0, 0.05) is 11.3 Å². The maximum absolute atomic E-state index is 13.6. The highest BCUT2D eigenvalue weighted by Gasteiger charge is 2.55. The number of aliphatic carboxylic acids is 1. The predicted molar refractivity (Wildman–Crippen MR) is 115 cm³/mol. The summed E-state index contributed by atoms with van der Waals surface area (Å²) in [5.41, 5.74) is 1.45. The first-order chi connectivity index (χ1) is 14.5. The highest BCUT2D eigenvalue weighted by Crippen LogP contribution is 2.60. The molecule has 4 aliphatic carbocycles. The summed E-state index contributed by atoms with van der Waals surface area (Å²) >= 11 is 0. The molecule has 0 saturated heterocycles. The second kappa shape index (κ2) is 7.57. The van der Waals surface area contributed by atoms with E-state index >= 15 is 0 Å². The highest BCUT2D eigenvalue weighted by molar-refractivity contribution is 5.88. The molecule has 2 aromatic rings. The molecule has 4 saturated carbocycles. The molecule has 156 valence electrons. The Labute approximate surface area is 177 Å². The third kappa shape index (κ3) is 3.42. The average molecular weight is 404 g/mol. The Hall–Kier alpha value is -2.62. The summed E-state index contributed by atoms with van der Waals surface area (Å²) in [4.78, 5) is 26.0. The molecule has 0 heterocycles. The van der Waals surface area contributed by atoms with E-state index in [1.54, 1.807) is 0 Å². The van der Waals surface area contributed by atoms with Gasteiger partial charge in [0.15, 0.2) is 0 Å². The molecule has 30 heavy (non-hydrogen) atoms. The monoisotopic (exact) mass is 403 g/mol. The number of nitrogens with one attached hydrogen (secondary N) is 1. The van der Waals surface area contributed by atoms with Crippen molar-refractivity contribution in [2.75, 3.05) is 0 Å². The lowest BCUT2D eigenvalue weighted by molar-refractivity contribution is -0.151. The Balaban J connectivity index is 1.47. The van der Waals surface area contributed by atoms with E-state index in [1.165, 1.54) is 19.3 Å². The molecular weight excluding hydrogens is 374 g/mol. The smallest absolute Gasteiger partial charge is 0.327 e. The number of rotatable bonds is 6. The molecule has 0 radical (unpaired) electrons. The van der Waals surface area contributed by atoms with Gasteiger partial charge in [0.2, 0.25) is 5.91 Å². The van der Waals surface area contributed by atoms with Gasteiger partial charge in [0.25, 0.3) is 0 Å². The maximum Gasteiger partial charge on any atom is 0.327 e. The molecule has 0 aliphatic heterocycles. The molecule has 4 heteroatoms. The van der Waals surface area contributed by atoms with Gasteiger partial charge in [0.1, 0.15) is 6.04 Å². The number of hydrogen-bond donors (Lipinski definition) is 2.